The maximum atomic E-state index is 14.1. The fraction of sp³-hybridized carbons (Fsp3) is 0.545. The van der Waals surface area contributed by atoms with Crippen LogP contribution in [0.4, 0.5) is 11.4 Å². The molecule has 1 saturated carbocycles. The number of fused-ring (bicyclic) bond motifs is 1. The van der Waals surface area contributed by atoms with Gasteiger partial charge in [-0.05, 0) is 63.8 Å². The standard InChI is InChI=1S/C33H44N4O6/c1-5-42-16-15-36-28-18-26(13-14-29(28)43-33(2,3)32(36)40)37(25-11-12-25)31(39)24-17-23(19-34-20-24)30(38)35-27(21-41-4)22-9-7-6-8-10-22/h6-10,13-14,18,23-25,27,34H,5,11-12,15-17,19-21H2,1-4H3,(H,35,38)/t23-,24+,27-/m0/s1. The minimum atomic E-state index is -1.00. The Labute approximate surface area is 254 Å². The molecule has 0 spiro atoms. The second-order valence-corrected chi connectivity index (χ2v) is 12.1. The molecule has 2 heterocycles. The fourth-order valence-electron chi connectivity index (χ4n) is 5.97. The number of methoxy groups -OCH3 is 1. The second kappa shape index (κ2) is 13.4. The molecule has 5 rings (SSSR count). The van der Waals surface area contributed by atoms with Crippen molar-refractivity contribution in [3.63, 3.8) is 0 Å². The number of nitrogens with zero attached hydrogens (tertiary/aromatic N) is 2. The van der Waals surface area contributed by atoms with Crippen molar-refractivity contribution < 1.29 is 28.6 Å². The Hall–Kier alpha value is -3.47. The highest BCUT2D eigenvalue weighted by Crippen LogP contribution is 2.43. The number of anilines is 2. The predicted molar refractivity (Wildman–Crippen MR) is 164 cm³/mol. The van der Waals surface area contributed by atoms with Crippen LogP contribution in [0.1, 0.15) is 51.6 Å². The minimum Gasteiger partial charge on any atom is -0.476 e. The van der Waals surface area contributed by atoms with Crippen LogP contribution in [-0.2, 0) is 23.9 Å². The van der Waals surface area contributed by atoms with E-state index >= 15 is 0 Å². The Morgan fingerprint density at radius 1 is 1.14 bits per heavy atom. The highest BCUT2D eigenvalue weighted by molar-refractivity contribution is 6.04. The summed E-state index contributed by atoms with van der Waals surface area (Å²) < 4.78 is 17.0. The predicted octanol–water partition coefficient (Wildman–Crippen LogP) is 3.45. The van der Waals surface area contributed by atoms with Gasteiger partial charge in [0.05, 0.1) is 36.8 Å². The van der Waals surface area contributed by atoms with Crippen molar-refractivity contribution in [3.05, 3.63) is 54.1 Å². The molecule has 43 heavy (non-hydrogen) atoms. The van der Waals surface area contributed by atoms with Gasteiger partial charge in [0.2, 0.25) is 11.8 Å². The average Bonchev–Trinajstić information content (AvgIpc) is 3.85. The number of ether oxygens (including phenoxy) is 3. The third kappa shape index (κ3) is 7.03. The molecule has 2 aromatic rings. The summed E-state index contributed by atoms with van der Waals surface area (Å²) in [5.74, 6) is -0.344. The highest BCUT2D eigenvalue weighted by atomic mass is 16.5. The van der Waals surface area contributed by atoms with Gasteiger partial charge in [0.15, 0.2) is 5.60 Å². The Bertz CT molecular complexity index is 1300. The molecule has 10 nitrogen and oxygen atoms in total. The van der Waals surface area contributed by atoms with Crippen molar-refractivity contribution >= 4 is 29.1 Å². The van der Waals surface area contributed by atoms with Crippen molar-refractivity contribution in [3.8, 4) is 5.75 Å². The summed E-state index contributed by atoms with van der Waals surface area (Å²) in [6, 6.07) is 15.2. The first-order valence-electron chi connectivity index (χ1n) is 15.3. The summed E-state index contributed by atoms with van der Waals surface area (Å²) in [4.78, 5) is 44.4. The normalized spacial score (nSPS) is 21.9. The summed E-state index contributed by atoms with van der Waals surface area (Å²) in [7, 11) is 1.62. The molecule has 3 amide bonds. The van der Waals surface area contributed by atoms with E-state index in [0.29, 0.717) is 57.3 Å². The summed E-state index contributed by atoms with van der Waals surface area (Å²) in [6.45, 7) is 8.18. The zero-order chi connectivity index (χ0) is 30.6. The number of benzene rings is 2. The van der Waals surface area contributed by atoms with Gasteiger partial charge in [-0.3, -0.25) is 14.4 Å². The zero-order valence-corrected chi connectivity index (χ0v) is 25.6. The largest absolute Gasteiger partial charge is 0.476 e. The van der Waals surface area contributed by atoms with Crippen LogP contribution in [0.3, 0.4) is 0 Å². The first-order valence-corrected chi connectivity index (χ1v) is 15.3. The van der Waals surface area contributed by atoms with Crippen LogP contribution < -0.4 is 25.2 Å². The third-order valence-electron chi connectivity index (χ3n) is 8.37. The smallest absolute Gasteiger partial charge is 0.270 e. The summed E-state index contributed by atoms with van der Waals surface area (Å²) in [5.41, 5.74) is 1.35. The lowest BCUT2D eigenvalue weighted by Crippen LogP contribution is -2.53. The molecule has 1 aliphatic carbocycles. The average molecular weight is 593 g/mol. The molecule has 0 unspecified atom stereocenters. The lowest BCUT2D eigenvalue weighted by Gasteiger charge is -2.39. The Kier molecular flexibility index (Phi) is 9.68. The maximum absolute atomic E-state index is 14.1. The SMILES string of the molecule is CCOCCN1C(=O)C(C)(C)Oc2ccc(N(C(=O)[C@H]3CNC[C@@H](C(=O)N[C@@H](COC)c4ccccc4)C3)C3CC3)cc21. The first-order chi connectivity index (χ1) is 20.7. The van der Waals surface area contributed by atoms with E-state index in [9.17, 15) is 14.4 Å². The zero-order valence-electron chi connectivity index (χ0n) is 25.6. The molecule has 3 atom stereocenters. The van der Waals surface area contributed by atoms with Crippen LogP contribution in [0, 0.1) is 11.8 Å². The van der Waals surface area contributed by atoms with E-state index in [1.165, 1.54) is 0 Å². The molecule has 3 aliphatic rings. The maximum Gasteiger partial charge on any atom is 0.270 e. The van der Waals surface area contributed by atoms with Gasteiger partial charge in [-0.25, -0.2) is 0 Å². The van der Waals surface area contributed by atoms with Crippen molar-refractivity contribution in [2.45, 2.75) is 57.7 Å². The number of amides is 3. The van der Waals surface area contributed by atoms with E-state index in [1.807, 2.05) is 60.4 Å². The molecule has 0 aromatic heterocycles. The van der Waals surface area contributed by atoms with Gasteiger partial charge in [0, 0.05) is 45.1 Å². The van der Waals surface area contributed by atoms with E-state index in [2.05, 4.69) is 10.6 Å². The van der Waals surface area contributed by atoms with Crippen LogP contribution in [-0.4, -0.2) is 75.9 Å². The Morgan fingerprint density at radius 3 is 2.58 bits per heavy atom. The minimum absolute atomic E-state index is 0.00629. The number of nitrogens with one attached hydrogen (secondary N) is 2. The van der Waals surface area contributed by atoms with Crippen molar-refractivity contribution in [1.29, 1.82) is 0 Å². The van der Waals surface area contributed by atoms with E-state index in [0.717, 1.165) is 24.1 Å². The Balaban J connectivity index is 1.33. The third-order valence-corrected chi connectivity index (χ3v) is 8.37. The van der Waals surface area contributed by atoms with Crippen LogP contribution in [0.2, 0.25) is 0 Å². The van der Waals surface area contributed by atoms with Gasteiger partial charge in [-0.15, -0.1) is 0 Å². The van der Waals surface area contributed by atoms with Gasteiger partial charge in [-0.1, -0.05) is 30.3 Å². The van der Waals surface area contributed by atoms with Gasteiger partial charge in [0.25, 0.3) is 5.91 Å². The van der Waals surface area contributed by atoms with Gasteiger partial charge in [-0.2, -0.15) is 0 Å². The summed E-state index contributed by atoms with van der Waals surface area (Å²) in [5, 5.41) is 6.47. The number of hydrogen-bond donors (Lipinski definition) is 2. The lowest BCUT2D eigenvalue weighted by atomic mass is 9.88. The topological polar surface area (TPSA) is 109 Å². The van der Waals surface area contributed by atoms with Gasteiger partial charge >= 0.3 is 0 Å². The molecule has 0 radical (unpaired) electrons. The van der Waals surface area contributed by atoms with E-state index in [1.54, 1.807) is 25.9 Å². The molecule has 2 aromatic carbocycles. The molecule has 0 bridgehead atoms. The van der Waals surface area contributed by atoms with Crippen molar-refractivity contribution in [1.82, 2.24) is 10.6 Å². The molecule has 10 heteroatoms. The first kappa shape index (κ1) is 31.0. The number of hydrogen-bond acceptors (Lipinski definition) is 7. The van der Waals surface area contributed by atoms with Crippen LogP contribution in [0.15, 0.2) is 48.5 Å². The molecular weight excluding hydrogens is 548 g/mol. The molecule has 2 N–H and O–H groups in total. The number of carbonyl (C=O) groups is 3. The Morgan fingerprint density at radius 2 is 1.88 bits per heavy atom. The number of carbonyl (C=O) groups excluding carboxylic acids is 3. The van der Waals surface area contributed by atoms with E-state index < -0.39 is 5.60 Å². The summed E-state index contributed by atoms with van der Waals surface area (Å²) in [6.07, 6.45) is 2.29. The fourth-order valence-corrected chi connectivity index (χ4v) is 5.97. The van der Waals surface area contributed by atoms with Crippen molar-refractivity contribution in [2.24, 2.45) is 11.8 Å². The molecule has 1 saturated heterocycles. The van der Waals surface area contributed by atoms with E-state index in [-0.39, 0.29) is 41.6 Å². The van der Waals surface area contributed by atoms with Gasteiger partial charge < -0.3 is 34.6 Å². The number of piperidine rings is 1. The van der Waals surface area contributed by atoms with E-state index in [4.69, 9.17) is 14.2 Å². The second-order valence-electron chi connectivity index (χ2n) is 12.1. The van der Waals surface area contributed by atoms with Crippen LogP contribution in [0.25, 0.3) is 0 Å². The molecule has 2 fully saturated rings. The van der Waals surface area contributed by atoms with Crippen LogP contribution in [0.5, 0.6) is 5.75 Å². The molecular formula is C33H44N4O6. The highest BCUT2D eigenvalue weighted by Gasteiger charge is 2.43. The van der Waals surface area contributed by atoms with Gasteiger partial charge in [0.1, 0.15) is 5.75 Å². The summed E-state index contributed by atoms with van der Waals surface area (Å²) >= 11 is 0. The monoisotopic (exact) mass is 592 g/mol. The molecule has 232 valence electrons. The quantitative estimate of drug-likeness (QED) is 0.364. The number of rotatable bonds is 12. The lowest BCUT2D eigenvalue weighted by molar-refractivity contribution is -0.133. The van der Waals surface area contributed by atoms with Crippen molar-refractivity contribution in [2.75, 3.05) is 56.4 Å². The van der Waals surface area contributed by atoms with Crippen LogP contribution >= 0.6 is 0 Å². The molecule has 2 aliphatic heterocycles.